The van der Waals surface area contributed by atoms with E-state index in [0.29, 0.717) is 5.06 Å². The van der Waals surface area contributed by atoms with Crippen molar-refractivity contribution >= 4 is 37.1 Å². The van der Waals surface area contributed by atoms with Crippen molar-refractivity contribution in [3.05, 3.63) is 12.1 Å². The summed E-state index contributed by atoms with van der Waals surface area (Å²) in [4.78, 5) is 0. The Morgan fingerprint density at radius 2 is 1.90 bits per heavy atom. The second-order valence-corrected chi connectivity index (χ2v) is 4.14. The molecule has 0 saturated heterocycles. The largest absolute Gasteiger partial charge is 0.499 e. The molecule has 3 N–H and O–H groups in total. The Bertz CT molecular complexity index is 300. The minimum Gasteiger partial charge on any atom is -0.499 e. The Hall–Kier alpha value is -0.740. The number of hydrogen-bond donors (Lipinski definition) is 2. The molecule has 0 atom stereocenters. The Labute approximate surface area is 65.5 Å². The second-order valence-electron chi connectivity index (χ2n) is 1.96. The summed E-state index contributed by atoms with van der Waals surface area (Å²) in [6.45, 7) is 0. The number of anilines is 1. The minimum absolute atomic E-state index is 0.362. The van der Waals surface area contributed by atoms with Gasteiger partial charge in [-0.3, -0.25) is 0 Å². The Balaban J connectivity index is 2.83. The predicted molar refractivity (Wildman–Crippen MR) is 45.8 cm³/mol. The highest BCUT2D eigenvalue weighted by Crippen LogP contribution is 2.37. The Morgan fingerprint density at radius 1 is 1.20 bits per heavy atom. The van der Waals surface area contributed by atoms with Crippen LogP contribution in [0.15, 0.2) is 12.1 Å². The molecule has 0 spiro atoms. The topological polar surface area (TPSA) is 46.2 Å². The van der Waals surface area contributed by atoms with E-state index in [0.717, 1.165) is 14.4 Å². The van der Waals surface area contributed by atoms with Crippen molar-refractivity contribution in [3.8, 4) is 5.06 Å². The zero-order valence-electron chi connectivity index (χ0n) is 5.00. The molecule has 10 heavy (non-hydrogen) atoms. The lowest BCUT2D eigenvalue weighted by atomic mass is 10.5. The normalized spacial score (nSPS) is 10.8. The number of hydrogen-bond acceptors (Lipinski definition) is 4. The van der Waals surface area contributed by atoms with Gasteiger partial charge in [-0.2, -0.15) is 0 Å². The average Bonchev–Trinajstić information content (AvgIpc) is 2.21. The lowest BCUT2D eigenvalue weighted by Crippen LogP contribution is -1.72. The van der Waals surface area contributed by atoms with E-state index < -0.39 is 0 Å². The summed E-state index contributed by atoms with van der Waals surface area (Å²) in [7, 11) is 0. The van der Waals surface area contributed by atoms with Gasteiger partial charge in [-0.15, -0.1) is 11.3 Å². The molecule has 0 radical (unpaired) electrons. The van der Waals surface area contributed by atoms with Gasteiger partial charge in [0, 0.05) is 6.07 Å². The Morgan fingerprint density at radius 3 is 2.60 bits per heavy atom. The van der Waals surface area contributed by atoms with Gasteiger partial charge in [0.05, 0.1) is 14.4 Å². The maximum atomic E-state index is 9.02. The van der Waals surface area contributed by atoms with Gasteiger partial charge in [-0.05, 0) is 6.07 Å². The van der Waals surface area contributed by atoms with Crippen molar-refractivity contribution in [2.75, 3.05) is 5.73 Å². The van der Waals surface area contributed by atoms with Crippen LogP contribution in [-0.4, -0.2) is 5.11 Å². The van der Waals surface area contributed by atoms with Crippen molar-refractivity contribution in [1.82, 2.24) is 0 Å². The summed E-state index contributed by atoms with van der Waals surface area (Å²) >= 11 is 2.86. The zero-order chi connectivity index (χ0) is 7.14. The van der Waals surface area contributed by atoms with E-state index in [-0.39, 0.29) is 0 Å². The first-order chi connectivity index (χ1) is 4.75. The lowest BCUT2D eigenvalue weighted by Gasteiger charge is -1.75. The SMILES string of the molecule is Nc1cc2sc(O)cc2s1. The van der Waals surface area contributed by atoms with Crippen LogP contribution in [0.4, 0.5) is 5.00 Å². The predicted octanol–water partition coefficient (Wildman–Crippen LogP) is 2.25. The molecule has 0 aliphatic carbocycles. The van der Waals surface area contributed by atoms with Crippen molar-refractivity contribution in [3.63, 3.8) is 0 Å². The van der Waals surface area contributed by atoms with Crippen molar-refractivity contribution in [2.45, 2.75) is 0 Å². The van der Waals surface area contributed by atoms with Gasteiger partial charge in [0.25, 0.3) is 0 Å². The summed E-state index contributed by atoms with van der Waals surface area (Å²) in [5.74, 6) is 0. The van der Waals surface area contributed by atoms with E-state index in [1.807, 2.05) is 6.07 Å². The van der Waals surface area contributed by atoms with Crippen LogP contribution in [0.25, 0.3) is 9.40 Å². The summed E-state index contributed by atoms with van der Waals surface area (Å²) in [5.41, 5.74) is 5.53. The molecule has 0 saturated carbocycles. The maximum Gasteiger partial charge on any atom is 0.173 e. The van der Waals surface area contributed by atoms with Crippen molar-refractivity contribution in [2.24, 2.45) is 0 Å². The molecule has 0 aromatic carbocycles. The Kier molecular flexibility index (Phi) is 1.12. The maximum absolute atomic E-state index is 9.02. The second kappa shape index (κ2) is 1.87. The number of nitrogen functional groups attached to an aromatic ring is 1. The molecule has 0 aliphatic heterocycles. The molecule has 2 rings (SSSR count). The van der Waals surface area contributed by atoms with E-state index in [9.17, 15) is 0 Å². The average molecular weight is 171 g/mol. The summed E-state index contributed by atoms with van der Waals surface area (Å²) in [6, 6.07) is 3.62. The summed E-state index contributed by atoms with van der Waals surface area (Å²) < 4.78 is 2.14. The van der Waals surface area contributed by atoms with Crippen LogP contribution in [0.2, 0.25) is 0 Å². The third-order valence-electron chi connectivity index (χ3n) is 1.21. The van der Waals surface area contributed by atoms with E-state index >= 15 is 0 Å². The zero-order valence-corrected chi connectivity index (χ0v) is 6.63. The smallest absolute Gasteiger partial charge is 0.173 e. The monoisotopic (exact) mass is 171 g/mol. The molecule has 0 unspecified atom stereocenters. The number of thiophene rings is 2. The minimum atomic E-state index is 0.362. The van der Waals surface area contributed by atoms with Crippen LogP contribution in [0, 0.1) is 0 Å². The quantitative estimate of drug-likeness (QED) is 0.638. The number of rotatable bonds is 0. The standard InChI is InChI=1S/C6H5NOS2/c7-5-1-3-4(9-5)2-6(8)10-3/h1-2,8H,7H2. The van der Waals surface area contributed by atoms with E-state index in [1.165, 1.54) is 22.7 Å². The molecule has 2 aromatic heterocycles. The van der Waals surface area contributed by atoms with Crippen LogP contribution < -0.4 is 5.73 Å². The molecule has 2 nitrogen and oxygen atoms in total. The fourth-order valence-electron chi connectivity index (χ4n) is 0.842. The van der Waals surface area contributed by atoms with Crippen LogP contribution >= 0.6 is 22.7 Å². The van der Waals surface area contributed by atoms with E-state index in [4.69, 9.17) is 10.8 Å². The highest BCUT2D eigenvalue weighted by Gasteiger charge is 2.02. The van der Waals surface area contributed by atoms with Gasteiger partial charge in [-0.1, -0.05) is 11.3 Å². The van der Waals surface area contributed by atoms with Gasteiger partial charge in [0.1, 0.15) is 0 Å². The van der Waals surface area contributed by atoms with Gasteiger partial charge in [-0.25, -0.2) is 0 Å². The van der Waals surface area contributed by atoms with Gasteiger partial charge < -0.3 is 10.8 Å². The lowest BCUT2D eigenvalue weighted by molar-refractivity contribution is 0.491. The highest BCUT2D eigenvalue weighted by molar-refractivity contribution is 7.30. The third kappa shape index (κ3) is 0.767. The first-order valence-electron chi connectivity index (χ1n) is 2.73. The molecule has 0 amide bonds. The van der Waals surface area contributed by atoms with E-state index in [1.54, 1.807) is 6.07 Å². The summed E-state index contributed by atoms with van der Waals surface area (Å²) in [5, 5.41) is 10.2. The number of nitrogens with two attached hydrogens (primary N) is 1. The summed E-state index contributed by atoms with van der Waals surface area (Å²) in [6.07, 6.45) is 0. The highest BCUT2D eigenvalue weighted by atomic mass is 32.1. The first kappa shape index (κ1) is 6.00. The first-order valence-corrected chi connectivity index (χ1v) is 4.37. The molecular formula is C6H5NOS2. The van der Waals surface area contributed by atoms with E-state index in [2.05, 4.69) is 0 Å². The molecule has 2 aromatic rings. The molecule has 52 valence electrons. The van der Waals surface area contributed by atoms with Crippen molar-refractivity contribution < 1.29 is 5.11 Å². The molecule has 4 heteroatoms. The molecule has 0 bridgehead atoms. The van der Waals surface area contributed by atoms with Gasteiger partial charge >= 0.3 is 0 Å². The van der Waals surface area contributed by atoms with Crippen LogP contribution in [-0.2, 0) is 0 Å². The van der Waals surface area contributed by atoms with Crippen LogP contribution in [0.5, 0.6) is 5.06 Å². The van der Waals surface area contributed by atoms with Gasteiger partial charge in [0.15, 0.2) is 5.06 Å². The molecule has 0 aliphatic rings. The van der Waals surface area contributed by atoms with Crippen molar-refractivity contribution in [1.29, 1.82) is 0 Å². The van der Waals surface area contributed by atoms with Crippen LogP contribution in [0.3, 0.4) is 0 Å². The van der Waals surface area contributed by atoms with Crippen LogP contribution in [0.1, 0.15) is 0 Å². The number of aromatic hydroxyl groups is 1. The fourth-order valence-corrected chi connectivity index (χ4v) is 2.75. The fraction of sp³-hybridized carbons (Fsp3) is 0. The van der Waals surface area contributed by atoms with Gasteiger partial charge in [0.2, 0.25) is 0 Å². The number of fused-ring (bicyclic) bond motifs is 1. The third-order valence-corrected chi connectivity index (χ3v) is 3.14. The molecule has 0 fully saturated rings. The molecular weight excluding hydrogens is 166 g/mol. The molecule has 2 heterocycles.